The highest BCUT2D eigenvalue weighted by Crippen LogP contribution is 2.61. The Morgan fingerprint density at radius 2 is 0.673 bits per heavy atom. The monoisotopic (exact) mass is 1250 g/mol. The van der Waals surface area contributed by atoms with Crippen molar-refractivity contribution in [1.82, 2.24) is 0 Å². The largest absolute Gasteiger partial charge is 0.458 e. The second kappa shape index (κ2) is 21.3. The number of para-hydroxylation sites is 9. The van der Waals surface area contributed by atoms with E-state index in [1.165, 1.54) is 88.9 Å². The Morgan fingerprint density at radius 3 is 1.16 bits per heavy atom. The Hall–Kier alpha value is -12.0. The summed E-state index contributed by atoms with van der Waals surface area (Å²) in [4.78, 5) is 12.6. The maximum Gasteiger partial charge on any atom is 0.256 e. The van der Waals surface area contributed by atoms with Gasteiger partial charge in [0.15, 0.2) is 0 Å². The smallest absolute Gasteiger partial charge is 0.256 e. The number of ether oxygens (including phenoxy) is 1. The molecule has 0 atom stereocenters. The van der Waals surface area contributed by atoms with Crippen LogP contribution in [-0.2, 0) is 10.8 Å². The first-order valence-corrected chi connectivity index (χ1v) is 34.3. The molecule has 0 fully saturated rings. The topological polar surface area (TPSA) is 25.4 Å². The molecular formula is C90H65B2N5O. The van der Waals surface area contributed by atoms with Crippen LogP contribution in [0.5, 0.6) is 11.5 Å². The summed E-state index contributed by atoms with van der Waals surface area (Å²) in [5.41, 5.74) is 33.6. The minimum Gasteiger partial charge on any atom is -0.458 e. The lowest BCUT2D eigenvalue weighted by Gasteiger charge is -2.47. The van der Waals surface area contributed by atoms with E-state index < -0.39 is 10.8 Å². The van der Waals surface area contributed by atoms with Gasteiger partial charge in [0.1, 0.15) is 11.5 Å². The van der Waals surface area contributed by atoms with Crippen molar-refractivity contribution in [3.8, 4) is 33.8 Å². The van der Waals surface area contributed by atoms with Crippen LogP contribution in [0.3, 0.4) is 0 Å². The zero-order chi connectivity index (χ0) is 65.1. The Balaban J connectivity index is 0.849. The van der Waals surface area contributed by atoms with Gasteiger partial charge in [-0.2, -0.15) is 0 Å². The third kappa shape index (κ3) is 8.06. The fourth-order valence-electron chi connectivity index (χ4n) is 17.8. The van der Waals surface area contributed by atoms with Gasteiger partial charge in [-0.25, -0.2) is 0 Å². The number of benzene rings is 14. The van der Waals surface area contributed by atoms with Crippen molar-refractivity contribution in [2.75, 3.05) is 24.5 Å². The molecule has 0 saturated heterocycles. The lowest BCUT2D eigenvalue weighted by Crippen LogP contribution is -2.65. The Bertz CT molecular complexity index is 5500. The molecule has 98 heavy (non-hydrogen) atoms. The number of hydrogen-bond acceptors (Lipinski definition) is 6. The second-order valence-electron chi connectivity index (χ2n) is 27.9. The maximum atomic E-state index is 7.65. The van der Waals surface area contributed by atoms with E-state index in [-0.39, 0.29) is 13.4 Å². The van der Waals surface area contributed by atoms with Crippen LogP contribution < -0.4 is 62.0 Å². The van der Waals surface area contributed by atoms with Crippen LogP contribution in [0.1, 0.15) is 49.9 Å². The molecule has 0 bridgehead atoms. The fourth-order valence-corrected chi connectivity index (χ4v) is 17.8. The minimum atomic E-state index is -0.459. The normalized spacial score (nSPS) is 14.5. The van der Waals surface area contributed by atoms with E-state index in [0.29, 0.717) is 0 Å². The third-order valence-electron chi connectivity index (χ3n) is 21.9. The molecule has 0 spiro atoms. The Morgan fingerprint density at radius 1 is 0.286 bits per heavy atom. The van der Waals surface area contributed by atoms with Gasteiger partial charge in [-0.15, -0.1) is 0 Å². The molecule has 14 aromatic carbocycles. The lowest BCUT2D eigenvalue weighted by atomic mass is 9.30. The molecule has 0 saturated carbocycles. The maximum absolute atomic E-state index is 7.65. The summed E-state index contributed by atoms with van der Waals surface area (Å²) in [6.45, 7) is 9.40. The van der Waals surface area contributed by atoms with Gasteiger partial charge in [0.05, 0.1) is 0 Å². The molecule has 0 radical (unpaired) electrons. The predicted molar refractivity (Wildman–Crippen MR) is 411 cm³/mol. The first-order chi connectivity index (χ1) is 48.2. The number of nitrogens with zero attached hydrogens (tertiary/aromatic N) is 5. The summed E-state index contributed by atoms with van der Waals surface area (Å²) >= 11 is 0. The molecule has 0 aromatic heterocycles. The van der Waals surface area contributed by atoms with Crippen molar-refractivity contribution in [2.24, 2.45) is 0 Å². The fraction of sp³-hybridized carbons (Fsp3) is 0.0667. The zero-order valence-corrected chi connectivity index (χ0v) is 54.9. The third-order valence-corrected chi connectivity index (χ3v) is 21.9. The van der Waals surface area contributed by atoms with Gasteiger partial charge < -0.3 is 29.2 Å². The molecule has 6 aliphatic rings. The first kappa shape index (κ1) is 56.4. The van der Waals surface area contributed by atoms with Crippen molar-refractivity contribution in [1.29, 1.82) is 0 Å². The molecule has 6 nitrogen and oxygen atoms in total. The first-order valence-electron chi connectivity index (χ1n) is 34.3. The quantitative estimate of drug-likeness (QED) is 0.134. The van der Waals surface area contributed by atoms with E-state index in [1.54, 1.807) is 0 Å². The van der Waals surface area contributed by atoms with Crippen LogP contribution in [0, 0.1) is 0 Å². The van der Waals surface area contributed by atoms with Gasteiger partial charge in [-0.3, -0.25) is 0 Å². The zero-order valence-electron chi connectivity index (χ0n) is 54.9. The minimum absolute atomic E-state index is 0.168. The highest BCUT2D eigenvalue weighted by molar-refractivity contribution is 7.02. The number of fused-ring (bicyclic) bond motifs is 16. The Labute approximate surface area is 573 Å². The summed E-state index contributed by atoms with van der Waals surface area (Å²) in [6, 6.07) is 119. The summed E-state index contributed by atoms with van der Waals surface area (Å²) < 4.78 is 7.65. The number of anilines is 15. The second-order valence-corrected chi connectivity index (χ2v) is 27.9. The summed E-state index contributed by atoms with van der Waals surface area (Å²) in [5, 5.41) is 0. The van der Waals surface area contributed by atoms with Crippen molar-refractivity contribution in [2.45, 2.75) is 38.5 Å². The van der Waals surface area contributed by atoms with E-state index in [1.807, 2.05) is 0 Å². The van der Waals surface area contributed by atoms with Crippen LogP contribution in [0.25, 0.3) is 22.3 Å². The molecule has 0 amide bonds. The van der Waals surface area contributed by atoms with E-state index in [2.05, 4.69) is 374 Å². The van der Waals surface area contributed by atoms with Gasteiger partial charge >= 0.3 is 0 Å². The van der Waals surface area contributed by atoms with E-state index in [0.717, 1.165) is 85.2 Å². The molecule has 8 heteroatoms. The van der Waals surface area contributed by atoms with Gasteiger partial charge in [0.25, 0.3) is 13.4 Å². The molecule has 4 aliphatic heterocycles. The highest BCUT2D eigenvalue weighted by atomic mass is 16.5. The van der Waals surface area contributed by atoms with Crippen LogP contribution >= 0.6 is 0 Å². The summed E-state index contributed by atoms with van der Waals surface area (Å²) in [6.07, 6.45) is 0. The number of rotatable bonds is 9. The SMILES string of the molecule is CC1(C)c2cc(N(c3ccccc3)c3ccccc3)ccc2-c2cc3c4c(c21)Oc1ccccc1B4c1cc2c(cc1N3c1ccccc1)N(c1ccccc1)c1cc3c(c4c1B2c1ccccc1N4c1ccccc1)C(C)(C)c1cc(N(c2ccccc2)c2ccccc2)ccc1-3. The van der Waals surface area contributed by atoms with E-state index in [4.69, 9.17) is 4.74 Å². The standard InChI is InChI=1S/C90H65B2N5O/c1-89(2)71-52-65(93(58-30-12-5-13-31-58)59-32-14-6-15-33-59)48-50-67(71)69-54-80-85-87(83(69)89)97(64-42-24-11-25-43-64)77-46-28-26-44-73(77)91(85)75-56-76-79(57-78(75)95(80)62-38-20-9-21-39-62)96(63-40-22-10-23-41-63)81-55-70-68-51-49-66(94(60-34-16-7-17-35-60)61-36-18-8-19-37-61)53-72(68)90(3,4)84(70)88-86(81)92(76)74-45-27-29-47-82(74)98-88/h5-57H,1-4H3. The van der Waals surface area contributed by atoms with Gasteiger partial charge in [0, 0.05) is 102 Å². The van der Waals surface area contributed by atoms with Crippen LogP contribution in [0.2, 0.25) is 0 Å². The molecule has 0 N–H and O–H groups in total. The van der Waals surface area contributed by atoms with Gasteiger partial charge in [-0.05, 0) is 211 Å². The van der Waals surface area contributed by atoms with Crippen LogP contribution in [0.4, 0.5) is 85.3 Å². The molecule has 4 heterocycles. The molecule has 0 unspecified atom stereocenters. The van der Waals surface area contributed by atoms with E-state index in [9.17, 15) is 0 Å². The highest BCUT2D eigenvalue weighted by Gasteiger charge is 2.53. The van der Waals surface area contributed by atoms with Crippen LogP contribution in [-0.4, -0.2) is 13.4 Å². The molecule has 462 valence electrons. The predicted octanol–water partition coefficient (Wildman–Crippen LogP) is 19.7. The summed E-state index contributed by atoms with van der Waals surface area (Å²) in [7, 11) is 0. The molecule has 20 rings (SSSR count). The van der Waals surface area contributed by atoms with Gasteiger partial charge in [0.2, 0.25) is 0 Å². The molecule has 2 aliphatic carbocycles. The molecular weight excluding hydrogens is 1190 g/mol. The molecule has 14 aromatic rings. The van der Waals surface area contributed by atoms with E-state index >= 15 is 0 Å². The van der Waals surface area contributed by atoms with Crippen molar-refractivity contribution in [3.05, 3.63) is 344 Å². The van der Waals surface area contributed by atoms with Crippen LogP contribution in [0.15, 0.2) is 322 Å². The average molecular weight is 1250 g/mol. The summed E-state index contributed by atoms with van der Waals surface area (Å²) in [5.74, 6) is 1.84. The lowest BCUT2D eigenvalue weighted by molar-refractivity contribution is 0.469. The van der Waals surface area contributed by atoms with Crippen molar-refractivity contribution in [3.63, 3.8) is 0 Å². The average Bonchev–Trinajstić information content (AvgIpc) is 1.24. The van der Waals surface area contributed by atoms with Crippen molar-refractivity contribution >= 4 is 132 Å². The van der Waals surface area contributed by atoms with Gasteiger partial charge in [-0.1, -0.05) is 210 Å². The number of hydrogen-bond donors (Lipinski definition) is 0. The van der Waals surface area contributed by atoms with Crippen molar-refractivity contribution < 1.29 is 4.74 Å². The Kier molecular flexibility index (Phi) is 12.2.